The first-order valence-electron chi connectivity index (χ1n) is 11.7. The third kappa shape index (κ3) is 5.45. The Balaban J connectivity index is 1.62. The van der Waals surface area contributed by atoms with Crippen molar-refractivity contribution in [3.63, 3.8) is 0 Å². The maximum Gasteiger partial charge on any atom is 0.345 e. The zero-order chi connectivity index (χ0) is 26.5. The lowest BCUT2D eigenvalue weighted by Gasteiger charge is -2.24. The summed E-state index contributed by atoms with van der Waals surface area (Å²) in [7, 11) is 2.41. The Morgan fingerprint density at radius 3 is 2.11 bits per heavy atom. The lowest BCUT2D eigenvalue weighted by Crippen LogP contribution is -2.22. The van der Waals surface area contributed by atoms with Crippen LogP contribution in [0, 0.1) is 6.92 Å². The molecule has 0 spiro atoms. The van der Waals surface area contributed by atoms with E-state index in [0.29, 0.717) is 24.3 Å². The van der Waals surface area contributed by atoms with Gasteiger partial charge in [-0.1, -0.05) is 30.3 Å². The first kappa shape index (κ1) is 25.4. The molecule has 0 radical (unpaired) electrons. The van der Waals surface area contributed by atoms with Gasteiger partial charge in [-0.2, -0.15) is 0 Å². The number of carbonyl (C=O) groups is 2. The van der Waals surface area contributed by atoms with Crippen molar-refractivity contribution in [2.45, 2.75) is 20.4 Å². The van der Waals surface area contributed by atoms with Crippen LogP contribution >= 0.6 is 0 Å². The predicted molar refractivity (Wildman–Crippen MR) is 140 cm³/mol. The minimum absolute atomic E-state index is 0.115. The molecule has 0 aliphatic heterocycles. The van der Waals surface area contributed by atoms with Crippen molar-refractivity contribution in [3.8, 4) is 11.4 Å². The molecular formula is C28H28N4O5. The highest BCUT2D eigenvalue weighted by atomic mass is 16.5. The summed E-state index contributed by atoms with van der Waals surface area (Å²) >= 11 is 0. The predicted octanol–water partition coefficient (Wildman–Crippen LogP) is 4.19. The number of hydrogen-bond donors (Lipinski definition) is 1. The number of rotatable bonds is 8. The summed E-state index contributed by atoms with van der Waals surface area (Å²) in [5.74, 6) is -1.42. The molecule has 0 unspecified atom stereocenters. The Morgan fingerprint density at radius 2 is 1.57 bits per heavy atom. The summed E-state index contributed by atoms with van der Waals surface area (Å²) in [5.41, 5.74) is 5.07. The van der Waals surface area contributed by atoms with Crippen LogP contribution in [0.4, 0.5) is 5.69 Å². The fourth-order valence-corrected chi connectivity index (χ4v) is 4.03. The topological polar surface area (TPSA) is 107 Å². The quantitative estimate of drug-likeness (QED) is 0.166. The number of hydrogen-bond acceptors (Lipinski definition) is 8. The third-order valence-electron chi connectivity index (χ3n) is 5.94. The molecule has 37 heavy (non-hydrogen) atoms. The van der Waals surface area contributed by atoms with Gasteiger partial charge in [0, 0.05) is 24.3 Å². The second-order valence-corrected chi connectivity index (χ2v) is 8.42. The van der Waals surface area contributed by atoms with Crippen molar-refractivity contribution < 1.29 is 24.2 Å². The van der Waals surface area contributed by atoms with Gasteiger partial charge < -0.3 is 19.5 Å². The number of aromatic hydroxyl groups is 1. The highest BCUT2D eigenvalue weighted by molar-refractivity contribution is 6.17. The van der Waals surface area contributed by atoms with Crippen LogP contribution in [-0.2, 0) is 25.6 Å². The maximum atomic E-state index is 11.9. The van der Waals surface area contributed by atoms with Crippen molar-refractivity contribution in [1.29, 1.82) is 0 Å². The van der Waals surface area contributed by atoms with Gasteiger partial charge in [-0.25, -0.2) is 9.59 Å². The highest BCUT2D eigenvalue weighted by Crippen LogP contribution is 2.30. The number of carbonyl (C=O) groups excluding carboxylic acids is 2. The van der Waals surface area contributed by atoms with Gasteiger partial charge in [0.15, 0.2) is 0 Å². The molecule has 9 nitrogen and oxygen atoms in total. The Hall–Kier alpha value is -4.66. The van der Waals surface area contributed by atoms with E-state index < -0.39 is 11.9 Å². The number of ether oxygens (including phenoxy) is 2. The molecule has 0 saturated heterocycles. The molecule has 0 saturated carbocycles. The average Bonchev–Trinajstić information content (AvgIpc) is 3.35. The smallest absolute Gasteiger partial charge is 0.345 e. The van der Waals surface area contributed by atoms with Gasteiger partial charge in [0.25, 0.3) is 0 Å². The Bertz CT molecular complexity index is 1420. The van der Waals surface area contributed by atoms with E-state index >= 15 is 0 Å². The molecule has 1 N–H and O–H groups in total. The molecule has 0 aliphatic rings. The molecular weight excluding hydrogens is 472 g/mol. The van der Waals surface area contributed by atoms with Gasteiger partial charge in [0.05, 0.1) is 14.2 Å². The Labute approximate surface area is 214 Å². The van der Waals surface area contributed by atoms with Crippen LogP contribution in [0.5, 0.6) is 5.75 Å². The Kier molecular flexibility index (Phi) is 7.52. The number of nitrogens with zero attached hydrogens (tertiary/aromatic N) is 4. The monoisotopic (exact) mass is 500 g/mol. The number of phenolic OH excluding ortho intramolecular Hbond substituents is 1. The molecule has 0 amide bonds. The summed E-state index contributed by atoms with van der Waals surface area (Å²) in [6.45, 7) is 5.11. The summed E-state index contributed by atoms with van der Waals surface area (Å²) < 4.78 is 9.36. The first-order chi connectivity index (χ1) is 17.8. The number of fused-ring (bicyclic) bond motifs is 1. The van der Waals surface area contributed by atoms with Crippen LogP contribution in [0.3, 0.4) is 0 Å². The van der Waals surface area contributed by atoms with Crippen molar-refractivity contribution in [3.05, 3.63) is 82.9 Å². The molecule has 0 aliphatic carbocycles. The number of benzene rings is 3. The zero-order valence-corrected chi connectivity index (χ0v) is 21.1. The lowest BCUT2D eigenvalue weighted by molar-refractivity contribution is -0.143. The summed E-state index contributed by atoms with van der Waals surface area (Å²) in [6, 6.07) is 18.7. The van der Waals surface area contributed by atoms with E-state index in [0.717, 1.165) is 27.8 Å². The molecule has 9 heteroatoms. The number of anilines is 1. The van der Waals surface area contributed by atoms with Crippen LogP contribution in [0.1, 0.15) is 23.6 Å². The summed E-state index contributed by atoms with van der Waals surface area (Å²) in [4.78, 5) is 27.5. The van der Waals surface area contributed by atoms with Gasteiger partial charge in [0.1, 0.15) is 28.0 Å². The van der Waals surface area contributed by atoms with Crippen molar-refractivity contribution >= 4 is 34.7 Å². The number of esters is 2. The van der Waals surface area contributed by atoms with E-state index in [1.165, 1.54) is 25.1 Å². The molecule has 1 heterocycles. The second-order valence-electron chi connectivity index (χ2n) is 8.42. The zero-order valence-electron chi connectivity index (χ0n) is 21.1. The second kappa shape index (κ2) is 10.9. The van der Waals surface area contributed by atoms with Crippen molar-refractivity contribution in [1.82, 2.24) is 15.0 Å². The van der Waals surface area contributed by atoms with Crippen LogP contribution in [0.15, 0.2) is 66.2 Å². The molecule has 0 bridgehead atoms. The average molecular weight is 501 g/mol. The van der Waals surface area contributed by atoms with Crippen LogP contribution in [0.2, 0.25) is 0 Å². The van der Waals surface area contributed by atoms with Gasteiger partial charge in [0.2, 0.25) is 0 Å². The minimum Gasteiger partial charge on any atom is -0.505 e. The SMILES string of the molecule is CCN(Cc1cc(C)cc(-n2nc3ccccc3n2)c1O)c1ccc(C=C(C(=O)OC)C(=O)OC)cc1. The maximum absolute atomic E-state index is 11.9. The summed E-state index contributed by atoms with van der Waals surface area (Å²) in [5, 5.41) is 20.2. The molecule has 4 rings (SSSR count). The molecule has 4 aromatic rings. The molecule has 0 atom stereocenters. The molecule has 1 aromatic heterocycles. The van der Waals surface area contributed by atoms with Gasteiger partial charge >= 0.3 is 11.9 Å². The Morgan fingerprint density at radius 1 is 0.973 bits per heavy atom. The molecule has 190 valence electrons. The summed E-state index contributed by atoms with van der Waals surface area (Å²) in [6.07, 6.45) is 1.43. The standard InChI is InChI=1S/C28H28N4O5/c1-5-31(21-12-10-19(11-13-21)16-22(27(34)36-3)28(35)37-4)17-20-14-18(2)15-25(26(20)33)32-29-23-8-6-7-9-24(23)30-32/h6-16,33H,5,17H2,1-4H3. The minimum atomic E-state index is -0.767. The molecule has 0 fully saturated rings. The number of phenols is 1. The van der Waals surface area contributed by atoms with E-state index in [1.807, 2.05) is 62.4 Å². The third-order valence-corrected chi connectivity index (χ3v) is 5.94. The van der Waals surface area contributed by atoms with Crippen LogP contribution in [0.25, 0.3) is 22.8 Å². The van der Waals surface area contributed by atoms with Gasteiger partial charge in [-0.05, 0) is 61.4 Å². The number of aryl methyl sites for hydroxylation is 1. The van der Waals surface area contributed by atoms with Gasteiger partial charge in [-0.15, -0.1) is 15.0 Å². The van der Waals surface area contributed by atoms with Crippen molar-refractivity contribution in [2.24, 2.45) is 0 Å². The van der Waals surface area contributed by atoms with Crippen LogP contribution < -0.4 is 4.90 Å². The van der Waals surface area contributed by atoms with E-state index in [1.54, 1.807) is 12.1 Å². The number of methoxy groups -OCH3 is 2. The van der Waals surface area contributed by atoms with E-state index in [-0.39, 0.29) is 11.3 Å². The fraction of sp³-hybridized carbons (Fsp3) is 0.214. The van der Waals surface area contributed by atoms with E-state index in [9.17, 15) is 14.7 Å². The lowest BCUT2D eigenvalue weighted by atomic mass is 10.1. The highest BCUT2D eigenvalue weighted by Gasteiger charge is 2.20. The van der Waals surface area contributed by atoms with Gasteiger partial charge in [-0.3, -0.25) is 0 Å². The first-order valence-corrected chi connectivity index (χ1v) is 11.7. The largest absolute Gasteiger partial charge is 0.505 e. The van der Waals surface area contributed by atoms with E-state index in [4.69, 9.17) is 0 Å². The van der Waals surface area contributed by atoms with E-state index in [2.05, 4.69) is 24.6 Å². The fourth-order valence-electron chi connectivity index (χ4n) is 4.03. The number of aromatic nitrogens is 3. The molecule has 3 aromatic carbocycles. The van der Waals surface area contributed by atoms with Crippen LogP contribution in [-0.4, -0.2) is 52.8 Å². The normalized spacial score (nSPS) is 10.7. The van der Waals surface area contributed by atoms with Crippen molar-refractivity contribution in [2.75, 3.05) is 25.7 Å².